The quantitative estimate of drug-likeness (QED) is 0.424. The van der Waals surface area contributed by atoms with E-state index >= 15 is 0 Å². The molecule has 1 fully saturated rings. The molecule has 3 atom stereocenters. The Bertz CT molecular complexity index is 1360. The van der Waals surface area contributed by atoms with Gasteiger partial charge >= 0.3 is 6.18 Å². The molecule has 0 spiro atoms. The van der Waals surface area contributed by atoms with E-state index in [1.807, 2.05) is 0 Å². The van der Waals surface area contributed by atoms with E-state index < -0.39 is 44.5 Å². The summed E-state index contributed by atoms with van der Waals surface area (Å²) in [6.07, 6.45) is -4.87. The smallest absolute Gasteiger partial charge is 0.376 e. The molecular weight excluding hydrogens is 552 g/mol. The van der Waals surface area contributed by atoms with Gasteiger partial charge in [0, 0.05) is 36.0 Å². The summed E-state index contributed by atoms with van der Waals surface area (Å²) in [4.78, 5) is 2.03. The topological polar surface area (TPSA) is 77.9 Å². The summed E-state index contributed by atoms with van der Waals surface area (Å²) < 4.78 is 94.4. The summed E-state index contributed by atoms with van der Waals surface area (Å²) in [6.45, 7) is 0.931. The molecule has 0 unspecified atom stereocenters. The van der Waals surface area contributed by atoms with Gasteiger partial charge in [-0.05, 0) is 54.3 Å². The molecule has 0 bridgehead atoms. The number of nitrogens with zero attached hydrogens (tertiary/aromatic N) is 2. The maximum atomic E-state index is 13.7. The summed E-state index contributed by atoms with van der Waals surface area (Å²) >= 11 is 1.08. The van der Waals surface area contributed by atoms with Crippen LogP contribution < -0.4 is 4.90 Å². The Morgan fingerprint density at radius 3 is 2.38 bits per heavy atom. The van der Waals surface area contributed by atoms with Gasteiger partial charge < -0.3 is 10.0 Å². The van der Waals surface area contributed by atoms with Crippen LogP contribution in [0, 0.1) is 5.82 Å². The molecule has 6 nitrogen and oxygen atoms in total. The van der Waals surface area contributed by atoms with Crippen molar-refractivity contribution in [1.29, 1.82) is 0 Å². The highest BCUT2D eigenvalue weighted by atomic mass is 32.2. The molecule has 0 aliphatic carbocycles. The number of benzene rings is 2. The molecule has 1 aliphatic heterocycles. The monoisotopic (exact) mass is 576 g/mol. The van der Waals surface area contributed by atoms with Crippen LogP contribution in [0.4, 0.5) is 23.2 Å². The molecule has 37 heavy (non-hydrogen) atoms. The predicted molar refractivity (Wildman–Crippen MR) is 134 cm³/mol. The Hall–Kier alpha value is -2.32. The van der Waals surface area contributed by atoms with Crippen LogP contribution in [0.1, 0.15) is 12.5 Å². The second kappa shape index (κ2) is 10.4. The normalized spacial score (nSPS) is 19.9. The first kappa shape index (κ1) is 27.7. The van der Waals surface area contributed by atoms with Gasteiger partial charge in [-0.25, -0.2) is 12.8 Å². The van der Waals surface area contributed by atoms with Crippen LogP contribution in [0.5, 0.6) is 0 Å². The van der Waals surface area contributed by atoms with Crippen LogP contribution in [0.2, 0.25) is 0 Å². The number of sulfonamides is 1. The second-order valence-corrected chi connectivity index (χ2v) is 13.3. The van der Waals surface area contributed by atoms with E-state index in [1.165, 1.54) is 40.7 Å². The Balaban J connectivity index is 1.64. The van der Waals surface area contributed by atoms with Gasteiger partial charge in [0.25, 0.3) is 10.0 Å². The van der Waals surface area contributed by atoms with E-state index in [-0.39, 0.29) is 40.1 Å². The minimum atomic E-state index is -4.87. The fourth-order valence-electron chi connectivity index (χ4n) is 4.09. The van der Waals surface area contributed by atoms with Gasteiger partial charge in [0.05, 0.1) is 16.8 Å². The fraction of sp³-hybridized carbons (Fsp3) is 0.333. The molecule has 0 radical (unpaired) electrons. The molecule has 1 N–H and O–H groups in total. The highest BCUT2D eigenvalue weighted by Crippen LogP contribution is 2.39. The number of rotatable bonds is 7. The van der Waals surface area contributed by atoms with Crippen molar-refractivity contribution in [3.8, 4) is 0 Å². The van der Waals surface area contributed by atoms with Crippen LogP contribution in [0.3, 0.4) is 0 Å². The van der Waals surface area contributed by atoms with Crippen LogP contribution in [-0.2, 0) is 26.4 Å². The molecule has 200 valence electrons. The molecule has 1 aliphatic rings. The Morgan fingerprint density at radius 2 is 1.78 bits per heavy atom. The number of thiophene rings is 1. The first-order valence-corrected chi connectivity index (χ1v) is 14.8. The van der Waals surface area contributed by atoms with Crippen molar-refractivity contribution >= 4 is 37.8 Å². The SMILES string of the molecule is C[C@@](O)(c1ccc(N2CCN(S(=O)(=O)c3cccs3)C[C@@H]2C[S@@](=O)c2cccc(F)c2)cc1)C(F)(F)F. The van der Waals surface area contributed by atoms with Gasteiger partial charge in [0.15, 0.2) is 5.60 Å². The molecular formula is C24H24F4N2O4S3. The molecule has 0 amide bonds. The van der Waals surface area contributed by atoms with Crippen molar-refractivity contribution in [2.45, 2.75) is 33.8 Å². The molecule has 3 aromatic rings. The first-order chi connectivity index (χ1) is 17.3. The zero-order chi connectivity index (χ0) is 27.0. The molecule has 13 heteroatoms. The van der Waals surface area contributed by atoms with Crippen LogP contribution in [0.15, 0.2) is 75.1 Å². The summed E-state index contributed by atoms with van der Waals surface area (Å²) in [7, 11) is -5.48. The van der Waals surface area contributed by atoms with Crippen molar-refractivity contribution in [2.24, 2.45) is 0 Å². The lowest BCUT2D eigenvalue weighted by atomic mass is 9.95. The summed E-state index contributed by atoms with van der Waals surface area (Å²) in [5.74, 6) is -0.595. The highest BCUT2D eigenvalue weighted by molar-refractivity contribution is 7.91. The average Bonchev–Trinajstić information content (AvgIpc) is 3.39. The third-order valence-electron chi connectivity index (χ3n) is 6.25. The summed E-state index contributed by atoms with van der Waals surface area (Å²) in [5, 5.41) is 11.6. The van der Waals surface area contributed by atoms with Gasteiger partial charge in [-0.15, -0.1) is 11.3 Å². The minimum Gasteiger partial charge on any atom is -0.376 e. The lowest BCUT2D eigenvalue weighted by Crippen LogP contribution is -2.56. The highest BCUT2D eigenvalue weighted by Gasteiger charge is 2.51. The van der Waals surface area contributed by atoms with Gasteiger partial charge in [-0.3, -0.25) is 4.21 Å². The number of hydrogen-bond donors (Lipinski definition) is 1. The van der Waals surface area contributed by atoms with Crippen molar-refractivity contribution < 1.29 is 35.3 Å². The zero-order valence-corrected chi connectivity index (χ0v) is 22.0. The standard InChI is InChI=1S/C24H24F4N2O4S3/c1-23(31,24(26,27)28)17-7-9-19(10-8-17)30-12-11-29(37(33,34)22-6-3-13-35-22)15-20(30)16-36(32)21-5-2-4-18(25)14-21/h2-10,13-14,20,31H,11-12,15-16H2,1H3/t20-,23-,36-/m1/s1. The predicted octanol–water partition coefficient (Wildman–Crippen LogP) is 4.34. The van der Waals surface area contributed by atoms with Crippen LogP contribution in [0.25, 0.3) is 0 Å². The van der Waals surface area contributed by atoms with Crippen LogP contribution in [-0.4, -0.2) is 59.6 Å². The van der Waals surface area contributed by atoms with Crippen molar-refractivity contribution in [3.05, 3.63) is 77.4 Å². The first-order valence-electron chi connectivity index (χ1n) is 11.1. The van der Waals surface area contributed by atoms with Gasteiger partial charge in [0.1, 0.15) is 10.0 Å². The Kier molecular flexibility index (Phi) is 7.82. The van der Waals surface area contributed by atoms with Crippen molar-refractivity contribution in [2.75, 3.05) is 30.3 Å². The van der Waals surface area contributed by atoms with Gasteiger partial charge in [-0.2, -0.15) is 17.5 Å². The average molecular weight is 577 g/mol. The number of hydrogen-bond acceptors (Lipinski definition) is 6. The van der Waals surface area contributed by atoms with Gasteiger partial charge in [0.2, 0.25) is 0 Å². The van der Waals surface area contributed by atoms with Crippen molar-refractivity contribution in [3.63, 3.8) is 0 Å². The molecule has 2 aromatic carbocycles. The molecule has 0 saturated carbocycles. The maximum absolute atomic E-state index is 13.7. The minimum absolute atomic E-state index is 0.0245. The molecule has 1 saturated heterocycles. The lowest BCUT2D eigenvalue weighted by molar-refractivity contribution is -0.258. The van der Waals surface area contributed by atoms with Crippen LogP contribution >= 0.6 is 11.3 Å². The van der Waals surface area contributed by atoms with E-state index in [2.05, 4.69) is 0 Å². The largest absolute Gasteiger partial charge is 0.421 e. The van der Waals surface area contributed by atoms with Crippen molar-refractivity contribution in [1.82, 2.24) is 4.31 Å². The third-order valence-corrected chi connectivity index (χ3v) is 11.0. The van der Waals surface area contributed by atoms with E-state index in [0.29, 0.717) is 12.6 Å². The molecule has 2 heterocycles. The molecule has 1 aromatic heterocycles. The number of alkyl halides is 3. The lowest BCUT2D eigenvalue weighted by Gasteiger charge is -2.42. The van der Waals surface area contributed by atoms with E-state index in [1.54, 1.807) is 16.3 Å². The fourth-order valence-corrected chi connectivity index (χ4v) is 8.00. The third kappa shape index (κ3) is 5.75. The summed E-state index contributed by atoms with van der Waals surface area (Å²) in [6, 6.07) is 13.0. The number of aliphatic hydroxyl groups is 1. The molecule has 4 rings (SSSR count). The Morgan fingerprint density at radius 1 is 1.08 bits per heavy atom. The zero-order valence-electron chi connectivity index (χ0n) is 19.6. The van der Waals surface area contributed by atoms with E-state index in [4.69, 9.17) is 0 Å². The Labute approximate surface area is 218 Å². The van der Waals surface area contributed by atoms with E-state index in [0.717, 1.165) is 29.5 Å². The van der Waals surface area contributed by atoms with Gasteiger partial charge in [-0.1, -0.05) is 24.3 Å². The number of halogens is 4. The second-order valence-electron chi connectivity index (χ2n) is 8.73. The number of piperazine rings is 1. The maximum Gasteiger partial charge on any atom is 0.421 e. The number of anilines is 1. The van der Waals surface area contributed by atoms with E-state index in [9.17, 15) is 35.3 Å². The summed E-state index contributed by atoms with van der Waals surface area (Å²) in [5.41, 5.74) is -2.91.